The van der Waals surface area contributed by atoms with Crippen molar-refractivity contribution in [3.05, 3.63) is 60.8 Å². The van der Waals surface area contributed by atoms with Crippen LogP contribution < -0.4 is 5.32 Å². The van der Waals surface area contributed by atoms with E-state index < -0.39 is 40.0 Å². The zero-order valence-electron chi connectivity index (χ0n) is 29.7. The van der Waals surface area contributed by atoms with Crippen LogP contribution in [-0.4, -0.2) is 53.1 Å². The Labute approximate surface area is 288 Å². The molecule has 7 nitrogen and oxygen atoms in total. The molecule has 0 aliphatic rings. The van der Waals surface area contributed by atoms with Crippen molar-refractivity contribution in [2.24, 2.45) is 0 Å². The Morgan fingerprint density at radius 3 is 1.57 bits per heavy atom. The molecule has 0 heterocycles. The molecule has 0 radical (unpaired) electrons. The fourth-order valence-electron chi connectivity index (χ4n) is 5.12. The van der Waals surface area contributed by atoms with Crippen LogP contribution in [0.2, 0.25) is 0 Å². The molecule has 1 amide bonds. The van der Waals surface area contributed by atoms with Crippen molar-refractivity contribution in [1.82, 2.24) is 5.32 Å². The normalized spacial score (nSPS) is 14.7. The van der Waals surface area contributed by atoms with Crippen molar-refractivity contribution in [3.8, 4) is 0 Å². The summed E-state index contributed by atoms with van der Waals surface area (Å²) in [6, 6.07) is -1.26. The molecule has 8 heteroatoms. The molecule has 0 fully saturated rings. The number of aliphatic hydroxyl groups is 2. The fraction of sp³-hybridized carbons (Fsp3) is 0.718. The number of allylic oxidation sites excluding steroid dienone is 9. The predicted octanol–water partition coefficient (Wildman–Crippen LogP) is 9.48. The SMILES string of the molecule is CCCCC/C=C\C=C/CCCCCCCC(O)C(=O)NC(CS(=O)(=O)O)C(O)/C=C/CC/C=C/CC/C=C/CCCCCCCC. The lowest BCUT2D eigenvalue weighted by molar-refractivity contribution is -0.130. The Morgan fingerprint density at radius 1 is 0.596 bits per heavy atom. The average Bonchev–Trinajstić information content (AvgIpc) is 3.03. The van der Waals surface area contributed by atoms with Crippen molar-refractivity contribution in [2.75, 3.05) is 5.75 Å². The predicted molar refractivity (Wildman–Crippen MR) is 199 cm³/mol. The number of nitrogens with one attached hydrogen (secondary N) is 1. The van der Waals surface area contributed by atoms with Gasteiger partial charge in [0.15, 0.2) is 0 Å². The lowest BCUT2D eigenvalue weighted by atomic mass is 10.1. The third-order valence-corrected chi connectivity index (χ3v) is 8.81. The molecule has 3 atom stereocenters. The summed E-state index contributed by atoms with van der Waals surface area (Å²) in [6.07, 6.45) is 41.3. The first kappa shape index (κ1) is 45.0. The van der Waals surface area contributed by atoms with E-state index in [1.54, 1.807) is 6.08 Å². The maximum atomic E-state index is 12.5. The van der Waals surface area contributed by atoms with Crippen molar-refractivity contribution in [3.63, 3.8) is 0 Å². The largest absolute Gasteiger partial charge is 0.387 e. The molecule has 0 spiro atoms. The van der Waals surface area contributed by atoms with E-state index in [2.05, 4.69) is 67.8 Å². The first-order chi connectivity index (χ1) is 22.7. The molecule has 0 aromatic rings. The van der Waals surface area contributed by atoms with Crippen LogP contribution in [0.25, 0.3) is 0 Å². The summed E-state index contributed by atoms with van der Waals surface area (Å²) in [4.78, 5) is 12.5. The van der Waals surface area contributed by atoms with Gasteiger partial charge >= 0.3 is 0 Å². The number of amides is 1. The third-order valence-electron chi connectivity index (χ3n) is 8.03. The van der Waals surface area contributed by atoms with E-state index in [9.17, 15) is 28.0 Å². The second-order valence-corrected chi connectivity index (χ2v) is 14.1. The summed E-state index contributed by atoms with van der Waals surface area (Å²) in [6.45, 7) is 4.44. The summed E-state index contributed by atoms with van der Waals surface area (Å²) >= 11 is 0. The van der Waals surface area contributed by atoms with Gasteiger partial charge in [-0.25, -0.2) is 0 Å². The molecular weight excluding hydrogens is 610 g/mol. The van der Waals surface area contributed by atoms with Crippen LogP contribution in [0.1, 0.15) is 155 Å². The molecule has 0 aliphatic carbocycles. The lowest BCUT2D eigenvalue weighted by Gasteiger charge is -2.22. The number of unbranched alkanes of at least 4 members (excludes halogenated alkanes) is 16. The number of rotatable bonds is 32. The van der Waals surface area contributed by atoms with Crippen LogP contribution in [0.5, 0.6) is 0 Å². The minimum atomic E-state index is -4.46. The number of carbonyl (C=O) groups is 1. The molecule has 0 rings (SSSR count). The second kappa shape index (κ2) is 32.5. The maximum absolute atomic E-state index is 12.5. The molecule has 0 aliphatic heterocycles. The number of aliphatic hydroxyl groups excluding tert-OH is 2. The Morgan fingerprint density at radius 2 is 1.02 bits per heavy atom. The molecule has 272 valence electrons. The smallest absolute Gasteiger partial charge is 0.267 e. The topological polar surface area (TPSA) is 124 Å². The van der Waals surface area contributed by atoms with Gasteiger partial charge < -0.3 is 15.5 Å². The second-order valence-electron chi connectivity index (χ2n) is 12.6. The highest BCUT2D eigenvalue weighted by Crippen LogP contribution is 2.11. The summed E-state index contributed by atoms with van der Waals surface area (Å²) in [5.41, 5.74) is 0. The van der Waals surface area contributed by atoms with Gasteiger partial charge in [0, 0.05) is 0 Å². The van der Waals surface area contributed by atoms with Crippen molar-refractivity contribution < 1.29 is 28.0 Å². The molecule has 3 unspecified atom stereocenters. The van der Waals surface area contributed by atoms with Gasteiger partial charge in [-0.1, -0.05) is 145 Å². The molecule has 47 heavy (non-hydrogen) atoms. The van der Waals surface area contributed by atoms with Crippen molar-refractivity contribution in [2.45, 2.75) is 173 Å². The Hall–Kier alpha value is -2.00. The van der Waals surface area contributed by atoms with Crippen LogP contribution in [0, 0.1) is 0 Å². The van der Waals surface area contributed by atoms with Crippen LogP contribution in [0.3, 0.4) is 0 Å². The average molecular weight is 680 g/mol. The zero-order chi connectivity index (χ0) is 34.9. The van der Waals surface area contributed by atoms with E-state index in [0.717, 1.165) is 64.2 Å². The van der Waals surface area contributed by atoms with Crippen LogP contribution >= 0.6 is 0 Å². The highest BCUT2D eigenvalue weighted by atomic mass is 32.2. The van der Waals surface area contributed by atoms with E-state index in [1.165, 1.54) is 63.9 Å². The van der Waals surface area contributed by atoms with Gasteiger partial charge in [0.1, 0.15) is 6.10 Å². The molecule has 0 saturated heterocycles. The molecule has 0 saturated carbocycles. The first-order valence-electron chi connectivity index (χ1n) is 18.6. The molecule has 0 aromatic carbocycles. The highest BCUT2D eigenvalue weighted by molar-refractivity contribution is 7.85. The van der Waals surface area contributed by atoms with Crippen molar-refractivity contribution >= 4 is 16.0 Å². The van der Waals surface area contributed by atoms with Gasteiger partial charge in [-0.2, -0.15) is 8.42 Å². The lowest BCUT2D eigenvalue weighted by Crippen LogP contribution is -2.50. The Kier molecular flexibility index (Phi) is 31.2. The van der Waals surface area contributed by atoms with Crippen LogP contribution in [0.15, 0.2) is 60.8 Å². The Balaban J connectivity index is 4.25. The van der Waals surface area contributed by atoms with Crippen LogP contribution in [0.4, 0.5) is 0 Å². The minimum absolute atomic E-state index is 0.250. The first-order valence-corrected chi connectivity index (χ1v) is 20.2. The fourth-order valence-corrected chi connectivity index (χ4v) is 5.86. The van der Waals surface area contributed by atoms with E-state index in [1.807, 2.05) is 0 Å². The van der Waals surface area contributed by atoms with Crippen LogP contribution in [-0.2, 0) is 14.9 Å². The summed E-state index contributed by atoms with van der Waals surface area (Å²) in [7, 11) is -4.46. The number of carbonyl (C=O) groups excluding carboxylic acids is 1. The van der Waals surface area contributed by atoms with Gasteiger partial charge in [-0.05, 0) is 70.6 Å². The molecule has 0 bridgehead atoms. The van der Waals surface area contributed by atoms with Gasteiger partial charge in [-0.3, -0.25) is 9.35 Å². The van der Waals surface area contributed by atoms with Gasteiger partial charge in [0.25, 0.3) is 10.1 Å². The monoisotopic (exact) mass is 679 g/mol. The van der Waals surface area contributed by atoms with Gasteiger partial charge in [0.2, 0.25) is 5.91 Å². The minimum Gasteiger partial charge on any atom is -0.387 e. The van der Waals surface area contributed by atoms with Crippen molar-refractivity contribution in [1.29, 1.82) is 0 Å². The molecule has 4 N–H and O–H groups in total. The van der Waals surface area contributed by atoms with E-state index >= 15 is 0 Å². The quantitative estimate of drug-likeness (QED) is 0.0243. The number of hydrogen-bond donors (Lipinski definition) is 4. The zero-order valence-corrected chi connectivity index (χ0v) is 30.6. The summed E-state index contributed by atoms with van der Waals surface area (Å²) in [5, 5.41) is 23.3. The van der Waals surface area contributed by atoms with E-state index in [-0.39, 0.29) is 6.42 Å². The van der Waals surface area contributed by atoms with Gasteiger partial charge in [0.05, 0.1) is 17.9 Å². The third kappa shape index (κ3) is 32.3. The summed E-state index contributed by atoms with van der Waals surface area (Å²) in [5.74, 6) is -1.59. The Bertz CT molecular complexity index is 985. The maximum Gasteiger partial charge on any atom is 0.267 e. The number of hydrogen-bond acceptors (Lipinski definition) is 5. The highest BCUT2D eigenvalue weighted by Gasteiger charge is 2.27. The standard InChI is InChI=1S/C39H69NO6S/c1-3-5-7-9-11-13-15-17-19-20-22-23-25-27-29-31-33-37(41)36(35-47(44,45)46)40-39(43)38(42)34-32-30-28-26-24-21-18-16-14-12-10-8-6-4-2/h12,14,16-19,23,25,31,33,36-38,41-42H,3-11,13,15,20-22,24,26-30,32,34-35H2,1-2H3,(H,40,43)(H,44,45,46)/b14-12-,18-16-,19-17+,25-23+,33-31+. The summed E-state index contributed by atoms with van der Waals surface area (Å²) < 4.78 is 32.4. The van der Waals surface area contributed by atoms with E-state index in [4.69, 9.17) is 0 Å². The van der Waals surface area contributed by atoms with E-state index in [0.29, 0.717) is 12.8 Å². The molecular formula is C39H69NO6S. The molecule has 0 aromatic heterocycles. The van der Waals surface area contributed by atoms with Gasteiger partial charge in [-0.15, -0.1) is 0 Å².